The Labute approximate surface area is 120 Å². The zero-order valence-corrected chi connectivity index (χ0v) is 12.7. The average molecular weight is 281 g/mol. The zero-order valence-electron chi connectivity index (χ0n) is 12.7. The molecular weight excluding hydrogens is 257 g/mol. The molecule has 0 heterocycles. The molecule has 0 fully saturated rings. The van der Waals surface area contributed by atoms with Crippen LogP contribution in [0.25, 0.3) is 0 Å². The Kier molecular flexibility index (Phi) is 5.51. The molecule has 0 bridgehead atoms. The van der Waals surface area contributed by atoms with Crippen LogP contribution in [-0.2, 0) is 4.79 Å². The predicted octanol–water partition coefficient (Wildman–Crippen LogP) is 2.71. The summed E-state index contributed by atoms with van der Waals surface area (Å²) in [6.45, 7) is 7.96. The summed E-state index contributed by atoms with van der Waals surface area (Å²) >= 11 is 0. The lowest BCUT2D eigenvalue weighted by Crippen LogP contribution is -2.31. The van der Waals surface area contributed by atoms with Gasteiger partial charge in [-0.1, -0.05) is 20.8 Å². The largest absolute Gasteiger partial charge is 0.399 e. The van der Waals surface area contributed by atoms with Gasteiger partial charge in [-0.25, -0.2) is 4.39 Å². The van der Waals surface area contributed by atoms with E-state index in [9.17, 15) is 9.18 Å². The molecule has 0 radical (unpaired) electrons. The maximum absolute atomic E-state index is 13.5. The van der Waals surface area contributed by atoms with Crippen molar-refractivity contribution in [3.05, 3.63) is 24.0 Å². The topological polar surface area (TPSA) is 58.4 Å². The Bertz CT molecular complexity index is 469. The van der Waals surface area contributed by atoms with Gasteiger partial charge in [-0.3, -0.25) is 4.79 Å². The van der Waals surface area contributed by atoms with Gasteiger partial charge in [-0.15, -0.1) is 0 Å². The highest BCUT2D eigenvalue weighted by atomic mass is 19.1. The van der Waals surface area contributed by atoms with Gasteiger partial charge in [0.05, 0.1) is 5.69 Å². The fourth-order valence-electron chi connectivity index (χ4n) is 2.03. The molecule has 1 aromatic carbocycles. The molecule has 0 aromatic heterocycles. The molecule has 3 N–H and O–H groups in total. The van der Waals surface area contributed by atoms with Gasteiger partial charge < -0.3 is 16.0 Å². The van der Waals surface area contributed by atoms with Crippen molar-refractivity contribution in [3.8, 4) is 0 Å². The van der Waals surface area contributed by atoms with Crippen LogP contribution >= 0.6 is 0 Å². The van der Waals surface area contributed by atoms with Crippen LogP contribution in [0.2, 0.25) is 0 Å². The van der Waals surface area contributed by atoms with Gasteiger partial charge in [0.25, 0.3) is 0 Å². The minimum atomic E-state index is -0.476. The van der Waals surface area contributed by atoms with Crippen LogP contribution in [0.1, 0.15) is 27.2 Å². The summed E-state index contributed by atoms with van der Waals surface area (Å²) in [6.07, 6.45) is 0.320. The van der Waals surface area contributed by atoms with E-state index in [4.69, 9.17) is 5.73 Å². The SMILES string of the molecule is CN(CCC(=O)Nc1cc(N)ccc1F)CC(C)(C)C. The molecule has 4 nitrogen and oxygen atoms in total. The number of benzene rings is 1. The normalized spacial score (nSPS) is 11.7. The molecule has 112 valence electrons. The van der Waals surface area contributed by atoms with Gasteiger partial charge in [0, 0.05) is 25.2 Å². The minimum absolute atomic E-state index is 0.133. The standard InChI is InChI=1S/C15H24FN3O/c1-15(2,3)10-19(4)8-7-14(20)18-13-9-11(17)5-6-12(13)16/h5-6,9H,7-8,10,17H2,1-4H3,(H,18,20). The number of amides is 1. The molecule has 5 heteroatoms. The zero-order chi connectivity index (χ0) is 15.3. The molecule has 1 rings (SSSR count). The van der Waals surface area contributed by atoms with E-state index in [1.165, 1.54) is 18.2 Å². The summed E-state index contributed by atoms with van der Waals surface area (Å²) in [5.74, 6) is -0.689. The minimum Gasteiger partial charge on any atom is -0.399 e. The Morgan fingerprint density at radius 2 is 2.05 bits per heavy atom. The quantitative estimate of drug-likeness (QED) is 0.816. The molecule has 1 aromatic rings. The smallest absolute Gasteiger partial charge is 0.225 e. The van der Waals surface area contributed by atoms with Crippen molar-refractivity contribution in [1.82, 2.24) is 4.90 Å². The number of halogens is 1. The molecule has 0 spiro atoms. The van der Waals surface area contributed by atoms with Crippen molar-refractivity contribution in [3.63, 3.8) is 0 Å². The summed E-state index contributed by atoms with van der Waals surface area (Å²) in [6, 6.07) is 4.13. The summed E-state index contributed by atoms with van der Waals surface area (Å²) in [7, 11) is 1.97. The average Bonchev–Trinajstić information content (AvgIpc) is 2.29. The van der Waals surface area contributed by atoms with E-state index in [0.717, 1.165) is 6.54 Å². The van der Waals surface area contributed by atoms with Gasteiger partial charge in [0.1, 0.15) is 5.82 Å². The van der Waals surface area contributed by atoms with Crippen molar-refractivity contribution in [2.75, 3.05) is 31.2 Å². The summed E-state index contributed by atoms with van der Waals surface area (Å²) in [4.78, 5) is 13.9. The van der Waals surface area contributed by atoms with Crippen molar-refractivity contribution >= 4 is 17.3 Å². The number of hydrogen-bond donors (Lipinski definition) is 2. The first kappa shape index (κ1) is 16.4. The van der Waals surface area contributed by atoms with Crippen molar-refractivity contribution in [1.29, 1.82) is 0 Å². The van der Waals surface area contributed by atoms with Gasteiger partial charge >= 0.3 is 0 Å². The first-order valence-electron chi connectivity index (χ1n) is 6.71. The lowest BCUT2D eigenvalue weighted by atomic mass is 9.96. The molecule has 0 aliphatic carbocycles. The van der Waals surface area contributed by atoms with E-state index in [1.807, 2.05) is 7.05 Å². The lowest BCUT2D eigenvalue weighted by Gasteiger charge is -2.26. The van der Waals surface area contributed by atoms with Crippen LogP contribution in [0, 0.1) is 11.2 Å². The van der Waals surface area contributed by atoms with E-state index >= 15 is 0 Å². The van der Waals surface area contributed by atoms with E-state index < -0.39 is 5.82 Å². The molecule has 0 aliphatic rings. The highest BCUT2D eigenvalue weighted by molar-refractivity contribution is 5.91. The Hall–Kier alpha value is -1.62. The number of carbonyl (C=O) groups excluding carboxylic acids is 1. The first-order chi connectivity index (χ1) is 9.17. The van der Waals surface area contributed by atoms with Crippen LogP contribution in [0.5, 0.6) is 0 Å². The second-order valence-corrected chi connectivity index (χ2v) is 6.34. The number of nitrogens with one attached hydrogen (secondary N) is 1. The molecule has 0 aliphatic heterocycles. The van der Waals surface area contributed by atoms with Gasteiger partial charge in [-0.05, 0) is 30.7 Å². The van der Waals surface area contributed by atoms with E-state index in [1.54, 1.807) is 0 Å². The highest BCUT2D eigenvalue weighted by Crippen LogP contribution is 2.18. The number of nitrogens with two attached hydrogens (primary N) is 1. The van der Waals surface area contributed by atoms with Gasteiger partial charge in [-0.2, -0.15) is 0 Å². The van der Waals surface area contributed by atoms with Crippen LogP contribution in [0.3, 0.4) is 0 Å². The Morgan fingerprint density at radius 1 is 1.40 bits per heavy atom. The second-order valence-electron chi connectivity index (χ2n) is 6.34. The monoisotopic (exact) mass is 281 g/mol. The van der Waals surface area contributed by atoms with Gasteiger partial charge in [0.15, 0.2) is 0 Å². The van der Waals surface area contributed by atoms with Crippen molar-refractivity contribution < 1.29 is 9.18 Å². The molecule has 0 saturated heterocycles. The summed E-state index contributed by atoms with van der Waals surface area (Å²) in [5, 5.41) is 2.55. The third-order valence-corrected chi connectivity index (χ3v) is 2.73. The third-order valence-electron chi connectivity index (χ3n) is 2.73. The number of anilines is 2. The van der Waals surface area contributed by atoms with Crippen molar-refractivity contribution in [2.45, 2.75) is 27.2 Å². The summed E-state index contributed by atoms with van der Waals surface area (Å²) in [5.41, 5.74) is 6.31. The maximum Gasteiger partial charge on any atom is 0.225 e. The fraction of sp³-hybridized carbons (Fsp3) is 0.533. The summed E-state index contributed by atoms with van der Waals surface area (Å²) < 4.78 is 13.5. The number of rotatable bonds is 5. The van der Waals surface area contributed by atoms with Crippen LogP contribution in [0.4, 0.5) is 15.8 Å². The molecule has 20 heavy (non-hydrogen) atoms. The number of nitrogen functional groups attached to an aromatic ring is 1. The highest BCUT2D eigenvalue weighted by Gasteiger charge is 2.14. The lowest BCUT2D eigenvalue weighted by molar-refractivity contribution is -0.116. The van der Waals surface area contributed by atoms with E-state index in [0.29, 0.717) is 18.7 Å². The molecular formula is C15H24FN3O. The third kappa shape index (κ3) is 6.02. The van der Waals surface area contributed by atoms with E-state index in [2.05, 4.69) is 31.0 Å². The van der Waals surface area contributed by atoms with Gasteiger partial charge in [0.2, 0.25) is 5.91 Å². The molecule has 1 amide bonds. The fourth-order valence-corrected chi connectivity index (χ4v) is 2.03. The Morgan fingerprint density at radius 3 is 2.65 bits per heavy atom. The second kappa shape index (κ2) is 6.70. The van der Waals surface area contributed by atoms with Crippen LogP contribution < -0.4 is 11.1 Å². The molecule has 0 saturated carbocycles. The number of carbonyl (C=O) groups is 1. The van der Waals surface area contributed by atoms with E-state index in [-0.39, 0.29) is 17.0 Å². The Balaban J connectivity index is 2.46. The van der Waals surface area contributed by atoms with Crippen LogP contribution in [-0.4, -0.2) is 30.9 Å². The molecule has 0 atom stereocenters. The maximum atomic E-state index is 13.5. The predicted molar refractivity (Wildman–Crippen MR) is 81.0 cm³/mol. The number of hydrogen-bond acceptors (Lipinski definition) is 3. The van der Waals surface area contributed by atoms with Crippen molar-refractivity contribution in [2.24, 2.45) is 5.41 Å². The number of nitrogens with zero attached hydrogens (tertiary/aromatic N) is 1. The first-order valence-corrected chi connectivity index (χ1v) is 6.71. The van der Waals surface area contributed by atoms with Crippen LogP contribution in [0.15, 0.2) is 18.2 Å². The molecule has 0 unspecified atom stereocenters.